The van der Waals surface area contributed by atoms with Crippen molar-refractivity contribution < 1.29 is 9.47 Å². The van der Waals surface area contributed by atoms with Gasteiger partial charge in [-0.1, -0.05) is 24.3 Å². The number of hydrogen-bond acceptors (Lipinski definition) is 4. The maximum absolute atomic E-state index is 5.77. The number of aliphatic imine (C=N–C) groups is 2. The Balaban J connectivity index is 2.54. The topological polar surface area (TPSA) is 43.2 Å². The molecule has 0 aromatic heterocycles. The first-order chi connectivity index (χ1) is 11.7. The van der Waals surface area contributed by atoms with Crippen molar-refractivity contribution in [2.75, 3.05) is 13.1 Å². The lowest BCUT2D eigenvalue weighted by atomic mass is 9.95. The van der Waals surface area contributed by atoms with Crippen LogP contribution in [0.4, 0.5) is 0 Å². The van der Waals surface area contributed by atoms with E-state index in [-0.39, 0.29) is 0 Å². The number of rotatable bonds is 7. The number of aryl methyl sites for hydroxylation is 2. The van der Waals surface area contributed by atoms with Crippen LogP contribution in [-0.2, 0) is 0 Å². The van der Waals surface area contributed by atoms with Crippen molar-refractivity contribution in [3.8, 4) is 22.6 Å². The lowest BCUT2D eigenvalue weighted by Gasteiger charge is -2.16. The SMILES string of the molecule is CCN=COc1cccc(C)c1-c1c(C)cccc1OC=NCC. The molecule has 0 N–H and O–H groups in total. The molecule has 24 heavy (non-hydrogen) atoms. The highest BCUT2D eigenvalue weighted by Crippen LogP contribution is 2.40. The van der Waals surface area contributed by atoms with Gasteiger partial charge in [0.05, 0.1) is 0 Å². The monoisotopic (exact) mass is 324 g/mol. The average Bonchev–Trinajstić information content (AvgIpc) is 2.57. The molecule has 2 rings (SSSR count). The first-order valence-electron chi connectivity index (χ1n) is 8.18. The zero-order valence-corrected chi connectivity index (χ0v) is 14.7. The van der Waals surface area contributed by atoms with Gasteiger partial charge >= 0.3 is 0 Å². The smallest absolute Gasteiger partial charge is 0.176 e. The van der Waals surface area contributed by atoms with Gasteiger partial charge in [0.1, 0.15) is 11.5 Å². The molecular formula is C20H24N2O2. The zero-order valence-electron chi connectivity index (χ0n) is 14.7. The molecule has 4 heteroatoms. The molecule has 0 saturated heterocycles. The fourth-order valence-corrected chi connectivity index (χ4v) is 2.46. The minimum absolute atomic E-state index is 0.688. The maximum atomic E-state index is 5.77. The molecular weight excluding hydrogens is 300 g/mol. The molecule has 0 saturated carbocycles. The average molecular weight is 324 g/mol. The summed E-state index contributed by atoms with van der Waals surface area (Å²) >= 11 is 0. The van der Waals surface area contributed by atoms with E-state index in [0.717, 1.165) is 33.8 Å². The van der Waals surface area contributed by atoms with Crippen LogP contribution < -0.4 is 9.47 Å². The summed E-state index contributed by atoms with van der Waals surface area (Å²) in [5.41, 5.74) is 4.25. The van der Waals surface area contributed by atoms with Crippen LogP contribution in [0.1, 0.15) is 25.0 Å². The maximum Gasteiger partial charge on any atom is 0.176 e. The Kier molecular flexibility index (Phi) is 6.55. The zero-order chi connectivity index (χ0) is 17.4. The van der Waals surface area contributed by atoms with E-state index < -0.39 is 0 Å². The van der Waals surface area contributed by atoms with E-state index in [9.17, 15) is 0 Å². The second-order valence-electron chi connectivity index (χ2n) is 5.34. The Morgan fingerprint density at radius 3 is 1.54 bits per heavy atom. The Bertz CT molecular complexity index is 673. The normalized spacial score (nSPS) is 11.3. The third-order valence-electron chi connectivity index (χ3n) is 3.59. The van der Waals surface area contributed by atoms with Crippen LogP contribution >= 0.6 is 0 Å². The summed E-state index contributed by atoms with van der Waals surface area (Å²) < 4.78 is 11.5. The van der Waals surface area contributed by atoms with E-state index in [1.165, 1.54) is 12.8 Å². The summed E-state index contributed by atoms with van der Waals surface area (Å²) in [7, 11) is 0. The Morgan fingerprint density at radius 2 is 1.17 bits per heavy atom. The van der Waals surface area contributed by atoms with Crippen molar-refractivity contribution in [1.82, 2.24) is 0 Å². The summed E-state index contributed by atoms with van der Waals surface area (Å²) in [4.78, 5) is 8.27. The first kappa shape index (κ1) is 17.7. The van der Waals surface area contributed by atoms with Crippen molar-refractivity contribution in [2.24, 2.45) is 9.98 Å². The fraction of sp³-hybridized carbons (Fsp3) is 0.300. The molecule has 0 heterocycles. The lowest BCUT2D eigenvalue weighted by Crippen LogP contribution is -1.99. The Morgan fingerprint density at radius 1 is 0.750 bits per heavy atom. The van der Waals surface area contributed by atoms with Crippen molar-refractivity contribution in [3.63, 3.8) is 0 Å². The minimum Gasteiger partial charge on any atom is -0.445 e. The molecule has 0 unspecified atom stereocenters. The van der Waals surface area contributed by atoms with Gasteiger partial charge in [-0.2, -0.15) is 0 Å². The van der Waals surface area contributed by atoms with Crippen molar-refractivity contribution in [1.29, 1.82) is 0 Å². The molecule has 0 fully saturated rings. The molecule has 0 aliphatic heterocycles. The highest BCUT2D eigenvalue weighted by molar-refractivity contribution is 5.83. The third-order valence-corrected chi connectivity index (χ3v) is 3.59. The summed E-state index contributed by atoms with van der Waals surface area (Å²) in [6, 6.07) is 12.0. The molecule has 0 aliphatic rings. The number of hydrogen-bond donors (Lipinski definition) is 0. The molecule has 0 aliphatic carbocycles. The lowest BCUT2D eigenvalue weighted by molar-refractivity contribution is 0.564. The van der Waals surface area contributed by atoms with Crippen LogP contribution in [0.15, 0.2) is 46.4 Å². The van der Waals surface area contributed by atoms with Gasteiger partial charge < -0.3 is 9.47 Å². The van der Waals surface area contributed by atoms with E-state index in [4.69, 9.17) is 9.47 Å². The van der Waals surface area contributed by atoms with E-state index >= 15 is 0 Å². The van der Waals surface area contributed by atoms with E-state index in [2.05, 4.69) is 36.0 Å². The molecule has 0 amide bonds. The van der Waals surface area contributed by atoms with Crippen LogP contribution in [-0.4, -0.2) is 25.9 Å². The van der Waals surface area contributed by atoms with E-state index in [0.29, 0.717) is 13.1 Å². The molecule has 126 valence electrons. The van der Waals surface area contributed by atoms with Gasteiger partial charge in [-0.3, -0.25) is 9.98 Å². The van der Waals surface area contributed by atoms with Crippen LogP contribution in [0.2, 0.25) is 0 Å². The fourth-order valence-electron chi connectivity index (χ4n) is 2.46. The molecule has 0 spiro atoms. The Labute approximate surface area is 143 Å². The van der Waals surface area contributed by atoms with Gasteiger partial charge in [0.25, 0.3) is 0 Å². The van der Waals surface area contributed by atoms with Crippen molar-refractivity contribution in [3.05, 3.63) is 47.5 Å². The molecule has 0 atom stereocenters. The van der Waals surface area contributed by atoms with Gasteiger partial charge in [0, 0.05) is 24.2 Å². The highest BCUT2D eigenvalue weighted by atomic mass is 16.5. The van der Waals surface area contributed by atoms with Crippen LogP contribution in [0.3, 0.4) is 0 Å². The predicted molar refractivity (Wildman–Crippen MR) is 101 cm³/mol. The second-order valence-corrected chi connectivity index (χ2v) is 5.34. The van der Waals surface area contributed by atoms with Crippen LogP contribution in [0, 0.1) is 13.8 Å². The third kappa shape index (κ3) is 4.22. The van der Waals surface area contributed by atoms with Gasteiger partial charge in [0.15, 0.2) is 12.8 Å². The van der Waals surface area contributed by atoms with Crippen molar-refractivity contribution >= 4 is 12.8 Å². The van der Waals surface area contributed by atoms with Crippen LogP contribution in [0.25, 0.3) is 11.1 Å². The summed E-state index contributed by atoms with van der Waals surface area (Å²) in [5.74, 6) is 1.53. The summed E-state index contributed by atoms with van der Waals surface area (Å²) in [6.45, 7) is 9.44. The van der Waals surface area contributed by atoms with Gasteiger partial charge in [-0.25, -0.2) is 0 Å². The van der Waals surface area contributed by atoms with E-state index in [1.54, 1.807) is 0 Å². The molecule has 2 aromatic carbocycles. The number of benzene rings is 2. The van der Waals surface area contributed by atoms with E-state index in [1.807, 2.05) is 38.1 Å². The predicted octanol–water partition coefficient (Wildman–Crippen LogP) is 4.82. The minimum atomic E-state index is 0.688. The highest BCUT2D eigenvalue weighted by Gasteiger charge is 2.16. The largest absolute Gasteiger partial charge is 0.445 e. The van der Waals surface area contributed by atoms with Crippen LogP contribution in [0.5, 0.6) is 11.5 Å². The molecule has 0 radical (unpaired) electrons. The van der Waals surface area contributed by atoms with Crippen molar-refractivity contribution in [2.45, 2.75) is 27.7 Å². The number of nitrogens with zero attached hydrogens (tertiary/aromatic N) is 2. The number of ether oxygens (including phenoxy) is 2. The Hall–Kier alpha value is -2.62. The second kappa shape index (κ2) is 8.87. The summed E-state index contributed by atoms with van der Waals surface area (Å²) in [5, 5.41) is 0. The van der Waals surface area contributed by atoms with Gasteiger partial charge in [0.2, 0.25) is 0 Å². The summed E-state index contributed by atoms with van der Waals surface area (Å²) in [6.07, 6.45) is 2.99. The molecule has 0 bridgehead atoms. The van der Waals surface area contributed by atoms with Gasteiger partial charge in [-0.05, 0) is 51.0 Å². The first-order valence-corrected chi connectivity index (χ1v) is 8.18. The standard InChI is InChI=1S/C20H24N2O2/c1-5-21-13-23-17-11-7-9-15(3)19(17)20-16(4)10-8-12-18(20)24-14-22-6-2/h7-14H,5-6H2,1-4H3. The molecule has 2 aromatic rings. The quantitative estimate of drug-likeness (QED) is 0.541. The molecule has 4 nitrogen and oxygen atoms in total. The van der Waals surface area contributed by atoms with Gasteiger partial charge in [-0.15, -0.1) is 0 Å².